The van der Waals surface area contributed by atoms with E-state index in [1.807, 2.05) is 0 Å². The van der Waals surface area contributed by atoms with Gasteiger partial charge in [0.25, 0.3) is 0 Å². The molecule has 0 amide bonds. The van der Waals surface area contributed by atoms with Gasteiger partial charge in [-0.1, -0.05) is 42.3 Å². The molecule has 0 atom stereocenters. The molecule has 0 fully saturated rings. The van der Waals surface area contributed by atoms with Crippen molar-refractivity contribution < 1.29 is 0 Å². The van der Waals surface area contributed by atoms with Gasteiger partial charge in [0.2, 0.25) is 0 Å². The van der Waals surface area contributed by atoms with E-state index in [2.05, 4.69) is 44.0 Å². The van der Waals surface area contributed by atoms with Crippen molar-refractivity contribution in [2.45, 2.75) is 27.2 Å². The minimum absolute atomic E-state index is 0.631. The summed E-state index contributed by atoms with van der Waals surface area (Å²) in [5.74, 6) is 0. The van der Waals surface area contributed by atoms with Crippen molar-refractivity contribution in [2.24, 2.45) is 0 Å². The number of rotatable bonds is 2. The van der Waals surface area contributed by atoms with Crippen molar-refractivity contribution in [2.75, 3.05) is 0 Å². The van der Waals surface area contributed by atoms with Gasteiger partial charge in [-0.25, -0.2) is 4.98 Å². The molecule has 0 radical (unpaired) electrons. The zero-order chi connectivity index (χ0) is 11.7. The van der Waals surface area contributed by atoms with Crippen LogP contribution in [0.4, 0.5) is 0 Å². The quantitative estimate of drug-likeness (QED) is 0.758. The molecule has 0 aliphatic heterocycles. The normalized spacial score (nSPS) is 10.8. The molecule has 2 aromatic rings. The predicted molar refractivity (Wildman–Crippen MR) is 71.4 cm³/mol. The topological polar surface area (TPSA) is 12.9 Å². The summed E-state index contributed by atoms with van der Waals surface area (Å²) in [6, 6.07) is 6.44. The Hall–Kier alpha value is -0.860. The number of hydrogen-bond acceptors (Lipinski definition) is 2. The Morgan fingerprint density at radius 3 is 2.69 bits per heavy atom. The van der Waals surface area contributed by atoms with E-state index in [4.69, 9.17) is 11.6 Å². The van der Waals surface area contributed by atoms with Crippen LogP contribution >= 0.6 is 22.9 Å². The summed E-state index contributed by atoms with van der Waals surface area (Å²) in [6.07, 6.45) is 0.979. The fourth-order valence-electron chi connectivity index (χ4n) is 1.85. The summed E-state index contributed by atoms with van der Waals surface area (Å²) in [7, 11) is 0. The van der Waals surface area contributed by atoms with Crippen LogP contribution in [0.3, 0.4) is 0 Å². The predicted octanol–water partition coefficient (Wildman–Crippen LogP) is 4.64. The average molecular weight is 252 g/mol. The van der Waals surface area contributed by atoms with Crippen LogP contribution < -0.4 is 0 Å². The van der Waals surface area contributed by atoms with Crippen LogP contribution in [0, 0.1) is 13.8 Å². The first kappa shape index (κ1) is 11.6. The SMILES string of the molecule is CCc1sc(Cl)nc1-c1ccc(C)cc1C. The maximum absolute atomic E-state index is 5.99. The molecule has 1 nitrogen and oxygen atoms in total. The number of benzene rings is 1. The molecule has 1 aromatic carbocycles. The fraction of sp³-hybridized carbons (Fsp3) is 0.308. The second kappa shape index (κ2) is 4.56. The van der Waals surface area contributed by atoms with Gasteiger partial charge in [0.15, 0.2) is 4.47 Å². The lowest BCUT2D eigenvalue weighted by molar-refractivity contribution is 1.17. The smallest absolute Gasteiger partial charge is 0.184 e. The van der Waals surface area contributed by atoms with Crippen molar-refractivity contribution in [3.63, 3.8) is 0 Å². The molecule has 0 saturated heterocycles. The van der Waals surface area contributed by atoms with Crippen LogP contribution in [0.25, 0.3) is 11.3 Å². The van der Waals surface area contributed by atoms with Crippen molar-refractivity contribution in [3.8, 4) is 11.3 Å². The lowest BCUT2D eigenvalue weighted by Crippen LogP contribution is -1.88. The summed E-state index contributed by atoms with van der Waals surface area (Å²) < 4.78 is 0.631. The second-order valence-corrected chi connectivity index (χ2v) is 5.58. The van der Waals surface area contributed by atoms with Gasteiger partial charge in [-0.05, 0) is 25.8 Å². The third-order valence-corrected chi connectivity index (χ3v) is 3.93. The number of aryl methyl sites for hydroxylation is 3. The number of halogens is 1. The van der Waals surface area contributed by atoms with Gasteiger partial charge in [0.05, 0.1) is 5.69 Å². The van der Waals surface area contributed by atoms with Crippen LogP contribution in [0.15, 0.2) is 18.2 Å². The van der Waals surface area contributed by atoms with Crippen molar-refractivity contribution >= 4 is 22.9 Å². The molecule has 0 aliphatic rings. The maximum atomic E-state index is 5.99. The highest BCUT2D eigenvalue weighted by Crippen LogP contribution is 2.33. The van der Waals surface area contributed by atoms with Crippen molar-refractivity contribution in [1.29, 1.82) is 0 Å². The zero-order valence-corrected chi connectivity index (χ0v) is 11.2. The molecule has 1 aromatic heterocycles. The molecule has 3 heteroatoms. The summed E-state index contributed by atoms with van der Waals surface area (Å²) in [4.78, 5) is 5.69. The lowest BCUT2D eigenvalue weighted by atomic mass is 10.0. The van der Waals surface area contributed by atoms with E-state index in [1.165, 1.54) is 21.6 Å². The third kappa shape index (κ3) is 2.13. The number of aromatic nitrogens is 1. The molecule has 0 saturated carbocycles. The highest BCUT2D eigenvalue weighted by atomic mass is 35.5. The van der Waals surface area contributed by atoms with E-state index in [0.717, 1.165) is 12.1 Å². The summed E-state index contributed by atoms with van der Waals surface area (Å²) >= 11 is 7.56. The van der Waals surface area contributed by atoms with Crippen molar-refractivity contribution in [1.82, 2.24) is 4.98 Å². The summed E-state index contributed by atoms with van der Waals surface area (Å²) in [5, 5.41) is 0. The fourth-order valence-corrected chi connectivity index (χ4v) is 2.95. The van der Waals surface area contributed by atoms with Crippen LogP contribution in [0.1, 0.15) is 22.9 Å². The molecule has 16 heavy (non-hydrogen) atoms. The molecule has 0 aliphatic carbocycles. The zero-order valence-electron chi connectivity index (χ0n) is 9.67. The Kier molecular flexibility index (Phi) is 3.31. The second-order valence-electron chi connectivity index (χ2n) is 3.91. The molecular weight excluding hydrogens is 238 g/mol. The Morgan fingerprint density at radius 1 is 1.31 bits per heavy atom. The van der Waals surface area contributed by atoms with Crippen LogP contribution in [0.2, 0.25) is 4.47 Å². The summed E-state index contributed by atoms with van der Waals surface area (Å²) in [5.41, 5.74) is 4.79. The first-order valence-electron chi connectivity index (χ1n) is 5.34. The molecule has 2 rings (SSSR count). The largest absolute Gasteiger partial charge is 0.225 e. The minimum atomic E-state index is 0.631. The van der Waals surface area contributed by atoms with Crippen LogP contribution in [0.5, 0.6) is 0 Å². The van der Waals surface area contributed by atoms with Gasteiger partial charge in [0.1, 0.15) is 0 Å². The molecule has 84 valence electrons. The van der Waals surface area contributed by atoms with E-state index < -0.39 is 0 Å². The van der Waals surface area contributed by atoms with E-state index >= 15 is 0 Å². The van der Waals surface area contributed by atoms with E-state index in [-0.39, 0.29) is 0 Å². The standard InChI is InChI=1S/C13H14ClNS/c1-4-11-12(15-13(14)16-11)10-6-5-8(2)7-9(10)3/h5-7H,4H2,1-3H3. The molecular formula is C13H14ClNS. The van der Waals surface area contributed by atoms with E-state index in [1.54, 1.807) is 11.3 Å². The Morgan fingerprint density at radius 2 is 2.06 bits per heavy atom. The first-order chi connectivity index (χ1) is 7.61. The molecule has 0 spiro atoms. The maximum Gasteiger partial charge on any atom is 0.184 e. The Bertz CT molecular complexity index is 517. The molecule has 1 heterocycles. The Balaban J connectivity index is 2.57. The van der Waals surface area contributed by atoms with Gasteiger partial charge in [-0.15, -0.1) is 11.3 Å². The van der Waals surface area contributed by atoms with Gasteiger partial charge in [-0.3, -0.25) is 0 Å². The molecule has 0 unspecified atom stereocenters. The van der Waals surface area contributed by atoms with Crippen LogP contribution in [-0.4, -0.2) is 4.98 Å². The third-order valence-electron chi connectivity index (χ3n) is 2.63. The number of thiazole rings is 1. The highest BCUT2D eigenvalue weighted by Gasteiger charge is 2.12. The van der Waals surface area contributed by atoms with Gasteiger partial charge in [-0.2, -0.15) is 0 Å². The average Bonchev–Trinajstić information content (AvgIpc) is 2.59. The highest BCUT2D eigenvalue weighted by molar-refractivity contribution is 7.16. The molecule has 0 bridgehead atoms. The van der Waals surface area contributed by atoms with E-state index in [0.29, 0.717) is 4.47 Å². The lowest BCUT2D eigenvalue weighted by Gasteiger charge is -2.05. The number of nitrogens with zero attached hydrogens (tertiary/aromatic N) is 1. The minimum Gasteiger partial charge on any atom is -0.225 e. The monoisotopic (exact) mass is 251 g/mol. The molecule has 0 N–H and O–H groups in total. The first-order valence-corrected chi connectivity index (χ1v) is 6.54. The van der Waals surface area contributed by atoms with Gasteiger partial charge < -0.3 is 0 Å². The van der Waals surface area contributed by atoms with Crippen LogP contribution in [-0.2, 0) is 6.42 Å². The van der Waals surface area contributed by atoms with Gasteiger partial charge in [0, 0.05) is 10.4 Å². The Labute approximate surface area is 105 Å². The van der Waals surface area contributed by atoms with E-state index in [9.17, 15) is 0 Å². The van der Waals surface area contributed by atoms with Gasteiger partial charge >= 0.3 is 0 Å². The number of hydrogen-bond donors (Lipinski definition) is 0. The summed E-state index contributed by atoms with van der Waals surface area (Å²) in [6.45, 7) is 6.36. The van der Waals surface area contributed by atoms with Crippen molar-refractivity contribution in [3.05, 3.63) is 38.7 Å².